The molecule has 0 bridgehead atoms. The maximum absolute atomic E-state index is 13.3. The van der Waals surface area contributed by atoms with E-state index in [0.717, 1.165) is 57.6 Å². The quantitative estimate of drug-likeness (QED) is 0.221. The van der Waals surface area contributed by atoms with Gasteiger partial charge in [-0.3, -0.25) is 0 Å². The third-order valence-corrected chi connectivity index (χ3v) is 6.74. The minimum atomic E-state index is -4.50. The number of benzene rings is 4. The number of fused-ring (bicyclic) bond motifs is 3. The number of alkyl halides is 6. The molecule has 1 aliphatic carbocycles. The van der Waals surface area contributed by atoms with Crippen LogP contribution in [0, 0.1) is 13.8 Å². The van der Waals surface area contributed by atoms with Crippen molar-refractivity contribution in [3.8, 4) is 11.1 Å². The monoisotopic (exact) mass is 482 g/mol. The molecule has 35 heavy (non-hydrogen) atoms. The van der Waals surface area contributed by atoms with Gasteiger partial charge in [0.2, 0.25) is 0 Å². The molecule has 0 fully saturated rings. The molecule has 4 aromatic rings. The van der Waals surface area contributed by atoms with Crippen LogP contribution in [-0.2, 0) is 17.8 Å². The second kappa shape index (κ2) is 7.74. The van der Waals surface area contributed by atoms with E-state index in [1.807, 2.05) is 50.2 Å². The average molecular weight is 482 g/mol. The van der Waals surface area contributed by atoms with E-state index in [-0.39, 0.29) is 0 Å². The summed E-state index contributed by atoms with van der Waals surface area (Å²) in [4.78, 5) is 0. The van der Waals surface area contributed by atoms with Crippen LogP contribution in [0.25, 0.3) is 11.1 Å². The van der Waals surface area contributed by atoms with Crippen LogP contribution in [0.5, 0.6) is 0 Å². The van der Waals surface area contributed by atoms with Gasteiger partial charge in [0.25, 0.3) is 0 Å². The van der Waals surface area contributed by atoms with Gasteiger partial charge in [-0.2, -0.15) is 26.3 Å². The van der Waals surface area contributed by atoms with Crippen molar-refractivity contribution in [2.24, 2.45) is 0 Å². The Morgan fingerprint density at radius 1 is 0.486 bits per heavy atom. The zero-order chi connectivity index (χ0) is 25.2. The standard InChI is InChI=1S/C29H20F6/c1-17-3-13-23-24-14-4-18(2)16-26(24)27(25(23)15-17,19-5-9-21(10-6-19)28(30,31)32)20-7-11-22(12-8-20)29(33,34)35/h3-16H,1-2H3. The van der Waals surface area contributed by atoms with Crippen molar-refractivity contribution in [2.45, 2.75) is 31.6 Å². The molecule has 0 N–H and O–H groups in total. The smallest absolute Gasteiger partial charge is 0.166 e. The molecule has 0 unspecified atom stereocenters. The summed E-state index contributed by atoms with van der Waals surface area (Å²) < 4.78 is 80.1. The fourth-order valence-electron chi connectivity index (χ4n) is 5.16. The van der Waals surface area contributed by atoms with Crippen LogP contribution in [0.3, 0.4) is 0 Å². The largest absolute Gasteiger partial charge is 0.416 e. The fraction of sp³-hybridized carbons (Fsp3) is 0.172. The van der Waals surface area contributed by atoms with E-state index in [0.29, 0.717) is 11.1 Å². The first-order valence-electron chi connectivity index (χ1n) is 11.0. The fourth-order valence-corrected chi connectivity index (χ4v) is 5.16. The molecular weight excluding hydrogens is 462 g/mol. The Bertz CT molecular complexity index is 1300. The summed E-state index contributed by atoms with van der Waals surface area (Å²) in [6.45, 7) is 3.83. The summed E-state index contributed by atoms with van der Waals surface area (Å²) in [5.74, 6) is 0. The number of aryl methyl sites for hydroxylation is 2. The van der Waals surface area contributed by atoms with E-state index < -0.39 is 28.9 Å². The summed E-state index contributed by atoms with van der Waals surface area (Å²) in [6, 6.07) is 21.7. The minimum absolute atomic E-state index is 0.557. The highest BCUT2D eigenvalue weighted by Gasteiger charge is 2.47. The minimum Gasteiger partial charge on any atom is -0.166 e. The van der Waals surface area contributed by atoms with Gasteiger partial charge >= 0.3 is 12.4 Å². The molecule has 0 atom stereocenters. The topological polar surface area (TPSA) is 0 Å². The molecule has 0 heterocycles. The van der Waals surface area contributed by atoms with Gasteiger partial charge in [-0.25, -0.2) is 0 Å². The molecule has 0 radical (unpaired) electrons. The molecule has 0 spiro atoms. The third kappa shape index (κ3) is 3.63. The van der Waals surface area contributed by atoms with Crippen molar-refractivity contribution in [1.82, 2.24) is 0 Å². The SMILES string of the molecule is Cc1ccc2c(c1)C(c1ccc(C(F)(F)F)cc1)(c1ccc(C(F)(F)F)cc1)c1cc(C)ccc1-2. The average Bonchev–Trinajstić information content (AvgIpc) is 3.07. The summed E-state index contributed by atoms with van der Waals surface area (Å²) in [6.07, 6.45) is -9.00. The van der Waals surface area contributed by atoms with E-state index in [1.54, 1.807) is 0 Å². The lowest BCUT2D eigenvalue weighted by atomic mass is 9.67. The lowest BCUT2D eigenvalue weighted by Crippen LogP contribution is -2.29. The molecule has 0 saturated heterocycles. The van der Waals surface area contributed by atoms with Gasteiger partial charge in [0, 0.05) is 0 Å². The lowest BCUT2D eigenvalue weighted by molar-refractivity contribution is -0.138. The van der Waals surface area contributed by atoms with Crippen LogP contribution in [-0.4, -0.2) is 0 Å². The van der Waals surface area contributed by atoms with Gasteiger partial charge in [0.15, 0.2) is 0 Å². The number of hydrogen-bond acceptors (Lipinski definition) is 0. The van der Waals surface area contributed by atoms with Gasteiger partial charge in [-0.15, -0.1) is 0 Å². The van der Waals surface area contributed by atoms with Gasteiger partial charge in [-0.05, 0) is 71.5 Å². The zero-order valence-corrected chi connectivity index (χ0v) is 18.9. The highest BCUT2D eigenvalue weighted by molar-refractivity contribution is 5.86. The first-order chi connectivity index (χ1) is 16.4. The Hall–Kier alpha value is -3.54. The van der Waals surface area contributed by atoms with Crippen LogP contribution in [0.2, 0.25) is 0 Å². The van der Waals surface area contributed by atoms with E-state index in [9.17, 15) is 26.3 Å². The zero-order valence-electron chi connectivity index (χ0n) is 18.9. The molecular formula is C29H20F6. The summed E-state index contributed by atoms with van der Waals surface area (Å²) in [5.41, 5.74) is 3.84. The molecule has 4 aromatic carbocycles. The van der Waals surface area contributed by atoms with Crippen molar-refractivity contribution in [2.75, 3.05) is 0 Å². The van der Waals surface area contributed by atoms with Crippen LogP contribution in [0.15, 0.2) is 84.9 Å². The molecule has 5 rings (SSSR count). The van der Waals surface area contributed by atoms with Crippen LogP contribution in [0.4, 0.5) is 26.3 Å². The first-order valence-corrected chi connectivity index (χ1v) is 11.0. The highest BCUT2D eigenvalue weighted by atomic mass is 19.4. The predicted molar refractivity (Wildman–Crippen MR) is 123 cm³/mol. The first kappa shape index (κ1) is 23.2. The molecule has 0 aliphatic heterocycles. The van der Waals surface area contributed by atoms with E-state index in [4.69, 9.17) is 0 Å². The molecule has 0 aromatic heterocycles. The third-order valence-electron chi connectivity index (χ3n) is 6.74. The lowest BCUT2D eigenvalue weighted by Gasteiger charge is -2.34. The molecule has 178 valence electrons. The maximum atomic E-state index is 13.3. The van der Waals surface area contributed by atoms with Crippen LogP contribution < -0.4 is 0 Å². The summed E-state index contributed by atoms with van der Waals surface area (Å²) in [5, 5.41) is 0. The molecule has 0 amide bonds. The second-order valence-electron chi connectivity index (χ2n) is 9.00. The number of hydrogen-bond donors (Lipinski definition) is 0. The second-order valence-corrected chi connectivity index (χ2v) is 9.00. The van der Waals surface area contributed by atoms with E-state index in [1.165, 1.54) is 24.3 Å². The summed E-state index contributed by atoms with van der Waals surface area (Å²) >= 11 is 0. The van der Waals surface area contributed by atoms with Crippen molar-refractivity contribution in [3.63, 3.8) is 0 Å². The summed E-state index contributed by atoms with van der Waals surface area (Å²) in [7, 11) is 0. The maximum Gasteiger partial charge on any atom is 0.416 e. The number of rotatable bonds is 2. The predicted octanol–water partition coefficient (Wildman–Crippen LogP) is 8.70. The van der Waals surface area contributed by atoms with Gasteiger partial charge in [0.05, 0.1) is 16.5 Å². The van der Waals surface area contributed by atoms with Crippen molar-refractivity contribution in [3.05, 3.63) is 129 Å². The Kier molecular flexibility index (Phi) is 5.13. The number of halogens is 6. The highest BCUT2D eigenvalue weighted by Crippen LogP contribution is 2.56. The molecule has 1 aliphatic rings. The van der Waals surface area contributed by atoms with Crippen molar-refractivity contribution in [1.29, 1.82) is 0 Å². The molecule has 0 saturated carbocycles. The van der Waals surface area contributed by atoms with Gasteiger partial charge < -0.3 is 0 Å². The van der Waals surface area contributed by atoms with Crippen LogP contribution in [0.1, 0.15) is 44.5 Å². The van der Waals surface area contributed by atoms with E-state index >= 15 is 0 Å². The van der Waals surface area contributed by atoms with Crippen molar-refractivity contribution >= 4 is 0 Å². The van der Waals surface area contributed by atoms with E-state index in [2.05, 4.69) is 0 Å². The Morgan fingerprint density at radius 2 is 0.829 bits per heavy atom. The Labute approximate surface area is 198 Å². The molecule has 0 nitrogen and oxygen atoms in total. The van der Waals surface area contributed by atoms with Crippen LogP contribution >= 0.6 is 0 Å². The Balaban J connectivity index is 1.87. The Morgan fingerprint density at radius 3 is 1.14 bits per heavy atom. The normalized spacial score (nSPS) is 14.5. The molecule has 6 heteroatoms. The van der Waals surface area contributed by atoms with Gasteiger partial charge in [0.1, 0.15) is 0 Å². The van der Waals surface area contributed by atoms with Gasteiger partial charge in [-0.1, -0.05) is 71.8 Å². The van der Waals surface area contributed by atoms with Crippen molar-refractivity contribution < 1.29 is 26.3 Å².